The first kappa shape index (κ1) is 19.6. The number of hydrogen-bond donors (Lipinski definition) is 1. The van der Waals surface area contributed by atoms with Crippen LogP contribution < -0.4 is 5.32 Å². The van der Waals surface area contributed by atoms with E-state index >= 15 is 0 Å². The lowest BCUT2D eigenvalue weighted by atomic mass is 10.1. The average Bonchev–Trinajstić information content (AvgIpc) is 2.62. The molecule has 0 heterocycles. The minimum Gasteiger partial charge on any atom is -0.355 e. The fraction of sp³-hybridized carbons (Fsp3) is 0.300. The van der Waals surface area contributed by atoms with Gasteiger partial charge in [-0.3, -0.25) is 9.59 Å². The molecule has 0 saturated carbocycles. The van der Waals surface area contributed by atoms with E-state index in [1.807, 2.05) is 0 Å². The molecule has 0 unspecified atom stereocenters. The smallest absolute Gasteiger partial charge is 0.242 e. The third kappa shape index (κ3) is 5.37. The second-order valence-electron chi connectivity index (χ2n) is 6.02. The monoisotopic (exact) mass is 360 g/mol. The minimum absolute atomic E-state index is 0.0468. The zero-order chi connectivity index (χ0) is 19.1. The van der Waals surface area contributed by atoms with Crippen LogP contribution in [-0.2, 0) is 22.6 Å². The van der Waals surface area contributed by atoms with E-state index < -0.39 is 6.04 Å². The minimum atomic E-state index is -0.687. The number of carbonyl (C=O) groups excluding carboxylic acids is 2. The lowest BCUT2D eigenvalue weighted by Gasteiger charge is -2.28. The van der Waals surface area contributed by atoms with Gasteiger partial charge in [0.15, 0.2) is 0 Å². The summed E-state index contributed by atoms with van der Waals surface area (Å²) in [6.45, 7) is 4.09. The van der Waals surface area contributed by atoms with Crippen LogP contribution in [0, 0.1) is 11.6 Å². The average molecular weight is 360 g/mol. The summed E-state index contributed by atoms with van der Waals surface area (Å²) in [5, 5.41) is 2.70. The first-order valence-electron chi connectivity index (χ1n) is 8.46. The molecule has 138 valence electrons. The summed E-state index contributed by atoms with van der Waals surface area (Å²) in [7, 11) is 0. The maximum absolute atomic E-state index is 13.1. The van der Waals surface area contributed by atoms with Crippen molar-refractivity contribution in [3.8, 4) is 0 Å². The predicted molar refractivity (Wildman–Crippen MR) is 95.2 cm³/mol. The van der Waals surface area contributed by atoms with Gasteiger partial charge in [-0.15, -0.1) is 0 Å². The second kappa shape index (κ2) is 9.08. The fourth-order valence-corrected chi connectivity index (χ4v) is 2.57. The molecule has 0 aliphatic rings. The summed E-state index contributed by atoms with van der Waals surface area (Å²) in [5.74, 6) is -1.27. The van der Waals surface area contributed by atoms with E-state index in [4.69, 9.17) is 0 Å². The van der Waals surface area contributed by atoms with Crippen LogP contribution in [0.5, 0.6) is 0 Å². The fourth-order valence-electron chi connectivity index (χ4n) is 2.57. The van der Waals surface area contributed by atoms with Gasteiger partial charge >= 0.3 is 0 Å². The summed E-state index contributed by atoms with van der Waals surface area (Å²) >= 11 is 0. The van der Waals surface area contributed by atoms with Crippen molar-refractivity contribution >= 4 is 11.8 Å². The first-order chi connectivity index (χ1) is 12.4. The van der Waals surface area contributed by atoms with Crippen LogP contribution in [0.4, 0.5) is 8.78 Å². The van der Waals surface area contributed by atoms with Gasteiger partial charge < -0.3 is 10.2 Å². The van der Waals surface area contributed by atoms with E-state index in [0.717, 1.165) is 5.56 Å². The van der Waals surface area contributed by atoms with E-state index in [1.165, 1.54) is 29.2 Å². The Balaban J connectivity index is 2.20. The predicted octanol–water partition coefficient (Wildman–Crippen LogP) is 3.06. The summed E-state index contributed by atoms with van der Waals surface area (Å²) in [6, 6.07) is 10.8. The number of hydrogen-bond acceptors (Lipinski definition) is 2. The normalized spacial score (nSPS) is 11.7. The Bertz CT molecular complexity index is 745. The number of carbonyl (C=O) groups is 2. The van der Waals surface area contributed by atoms with E-state index in [1.54, 1.807) is 38.1 Å². The Morgan fingerprint density at radius 2 is 1.46 bits per heavy atom. The molecule has 26 heavy (non-hydrogen) atoms. The van der Waals surface area contributed by atoms with Gasteiger partial charge in [-0.25, -0.2) is 8.78 Å². The molecule has 4 nitrogen and oxygen atoms in total. The third-order valence-electron chi connectivity index (χ3n) is 4.05. The van der Waals surface area contributed by atoms with Crippen LogP contribution >= 0.6 is 0 Å². The maximum atomic E-state index is 13.1. The van der Waals surface area contributed by atoms with Crippen LogP contribution in [0.25, 0.3) is 0 Å². The molecule has 2 rings (SSSR count). The Morgan fingerprint density at radius 3 is 1.96 bits per heavy atom. The summed E-state index contributed by atoms with van der Waals surface area (Å²) in [4.78, 5) is 26.5. The van der Waals surface area contributed by atoms with Gasteiger partial charge in [0.2, 0.25) is 11.8 Å². The van der Waals surface area contributed by atoms with Crippen LogP contribution in [0.2, 0.25) is 0 Å². The van der Waals surface area contributed by atoms with Gasteiger partial charge in [0.1, 0.15) is 17.7 Å². The second-order valence-corrected chi connectivity index (χ2v) is 6.02. The summed E-state index contributed by atoms with van der Waals surface area (Å²) < 4.78 is 26.2. The van der Waals surface area contributed by atoms with Crippen molar-refractivity contribution in [3.05, 3.63) is 71.3 Å². The third-order valence-corrected chi connectivity index (χ3v) is 4.05. The van der Waals surface area contributed by atoms with Gasteiger partial charge in [-0.2, -0.15) is 0 Å². The number of rotatable bonds is 7. The number of nitrogens with zero attached hydrogens (tertiary/aromatic N) is 1. The Morgan fingerprint density at radius 1 is 0.962 bits per heavy atom. The number of benzene rings is 2. The maximum Gasteiger partial charge on any atom is 0.242 e. The molecule has 0 aliphatic carbocycles. The van der Waals surface area contributed by atoms with E-state index in [2.05, 4.69) is 5.32 Å². The molecule has 0 bridgehead atoms. The molecular formula is C20H22F2N2O2. The summed E-state index contributed by atoms with van der Waals surface area (Å²) in [5.41, 5.74) is 1.37. The van der Waals surface area contributed by atoms with Gasteiger partial charge in [0.05, 0.1) is 6.42 Å². The number of nitrogens with one attached hydrogen (secondary N) is 1. The van der Waals surface area contributed by atoms with Crippen molar-refractivity contribution in [2.45, 2.75) is 32.9 Å². The molecule has 1 N–H and O–H groups in total. The van der Waals surface area contributed by atoms with Crippen LogP contribution in [0.15, 0.2) is 48.5 Å². The number of halogens is 2. The first-order valence-corrected chi connectivity index (χ1v) is 8.46. The molecule has 2 amide bonds. The topological polar surface area (TPSA) is 49.4 Å². The van der Waals surface area contributed by atoms with Crippen molar-refractivity contribution in [3.63, 3.8) is 0 Å². The van der Waals surface area contributed by atoms with Gasteiger partial charge in [0, 0.05) is 13.1 Å². The molecule has 0 aliphatic heterocycles. The highest BCUT2D eigenvalue weighted by atomic mass is 19.1. The van der Waals surface area contributed by atoms with Gasteiger partial charge in [-0.1, -0.05) is 24.3 Å². The van der Waals surface area contributed by atoms with E-state index in [0.29, 0.717) is 12.1 Å². The zero-order valence-electron chi connectivity index (χ0n) is 14.8. The molecule has 2 aromatic carbocycles. The summed E-state index contributed by atoms with van der Waals surface area (Å²) in [6.07, 6.45) is 0.0468. The molecule has 0 spiro atoms. The molecule has 0 fully saturated rings. The standard InChI is InChI=1S/C20H22F2N2O2/c1-3-23-20(26)14(2)24(13-16-6-10-18(22)11-7-16)19(25)12-15-4-8-17(21)9-5-15/h4-11,14H,3,12-13H2,1-2H3,(H,23,26)/t14-/m0/s1. The van der Waals surface area contributed by atoms with Crippen LogP contribution in [0.3, 0.4) is 0 Å². The largest absolute Gasteiger partial charge is 0.355 e. The Labute approximate surface area is 151 Å². The highest BCUT2D eigenvalue weighted by Crippen LogP contribution is 2.13. The molecule has 0 saturated heterocycles. The molecule has 0 radical (unpaired) electrons. The Hall–Kier alpha value is -2.76. The SMILES string of the molecule is CCNC(=O)[C@H](C)N(Cc1ccc(F)cc1)C(=O)Cc1ccc(F)cc1. The highest BCUT2D eigenvalue weighted by Gasteiger charge is 2.25. The van der Waals surface area contributed by atoms with Crippen LogP contribution in [0.1, 0.15) is 25.0 Å². The molecular weight excluding hydrogens is 338 g/mol. The lowest BCUT2D eigenvalue weighted by Crippen LogP contribution is -2.48. The lowest BCUT2D eigenvalue weighted by molar-refractivity contribution is -0.140. The van der Waals surface area contributed by atoms with E-state index in [9.17, 15) is 18.4 Å². The van der Waals surface area contributed by atoms with E-state index in [-0.39, 0.29) is 36.4 Å². The molecule has 0 aromatic heterocycles. The van der Waals surface area contributed by atoms with Crippen molar-refractivity contribution < 1.29 is 18.4 Å². The van der Waals surface area contributed by atoms with Gasteiger partial charge in [-0.05, 0) is 49.2 Å². The van der Waals surface area contributed by atoms with Crippen LogP contribution in [-0.4, -0.2) is 29.3 Å². The number of amides is 2. The molecule has 2 aromatic rings. The van der Waals surface area contributed by atoms with Crippen molar-refractivity contribution in [1.82, 2.24) is 10.2 Å². The highest BCUT2D eigenvalue weighted by molar-refractivity contribution is 5.88. The molecule has 6 heteroatoms. The van der Waals surface area contributed by atoms with Crippen molar-refractivity contribution in [2.75, 3.05) is 6.54 Å². The molecule has 1 atom stereocenters. The quantitative estimate of drug-likeness (QED) is 0.825. The number of likely N-dealkylation sites (N-methyl/N-ethyl adjacent to an activating group) is 1. The van der Waals surface area contributed by atoms with Gasteiger partial charge in [0.25, 0.3) is 0 Å². The van der Waals surface area contributed by atoms with Crippen molar-refractivity contribution in [2.24, 2.45) is 0 Å². The Kier molecular flexibility index (Phi) is 6.83. The van der Waals surface area contributed by atoms with Crippen molar-refractivity contribution in [1.29, 1.82) is 0 Å². The zero-order valence-corrected chi connectivity index (χ0v) is 14.8.